The summed E-state index contributed by atoms with van der Waals surface area (Å²) in [6.45, 7) is 2.01. The van der Waals surface area contributed by atoms with Crippen LogP contribution < -0.4 is 19.6 Å². The molecule has 0 unspecified atom stereocenters. The molecule has 2 aromatic rings. The second-order valence-corrected chi connectivity index (χ2v) is 5.88. The molecule has 2 rings (SSSR count). The average Bonchev–Trinajstić information content (AvgIpc) is 2.98. The van der Waals surface area contributed by atoms with E-state index in [-0.39, 0.29) is 5.91 Å². The third kappa shape index (κ3) is 4.01. The molecule has 1 aromatic carbocycles. The van der Waals surface area contributed by atoms with Crippen LogP contribution in [-0.2, 0) is 0 Å². The van der Waals surface area contributed by atoms with Gasteiger partial charge in [0, 0.05) is 15.3 Å². The Morgan fingerprint density at radius 2 is 1.78 bits per heavy atom. The van der Waals surface area contributed by atoms with Gasteiger partial charge in [0.2, 0.25) is 5.75 Å². The number of methoxy groups -OCH3 is 3. The van der Waals surface area contributed by atoms with Crippen LogP contribution in [0.3, 0.4) is 0 Å². The van der Waals surface area contributed by atoms with Crippen LogP contribution in [-0.4, -0.2) is 33.5 Å². The van der Waals surface area contributed by atoms with Gasteiger partial charge in [-0.2, -0.15) is 5.10 Å². The highest BCUT2D eigenvalue weighted by Crippen LogP contribution is 2.38. The zero-order valence-electron chi connectivity index (χ0n) is 13.4. The topological polar surface area (TPSA) is 69.2 Å². The van der Waals surface area contributed by atoms with E-state index in [4.69, 9.17) is 14.2 Å². The Labute approximate surface area is 138 Å². The largest absolute Gasteiger partial charge is 0.493 e. The number of thiophene rings is 1. The summed E-state index contributed by atoms with van der Waals surface area (Å²) in [6, 6.07) is 7.07. The minimum Gasteiger partial charge on any atom is -0.493 e. The minimum atomic E-state index is -0.367. The van der Waals surface area contributed by atoms with E-state index in [2.05, 4.69) is 10.5 Å². The second-order valence-electron chi connectivity index (χ2n) is 4.56. The molecule has 1 amide bonds. The molecule has 122 valence electrons. The second kappa shape index (κ2) is 7.64. The summed E-state index contributed by atoms with van der Waals surface area (Å²) in [7, 11) is 4.50. The van der Waals surface area contributed by atoms with Gasteiger partial charge in [0.15, 0.2) is 11.5 Å². The molecule has 0 saturated carbocycles. The summed E-state index contributed by atoms with van der Waals surface area (Å²) < 4.78 is 15.7. The number of hydrogen-bond donors (Lipinski definition) is 1. The molecule has 0 radical (unpaired) electrons. The molecule has 23 heavy (non-hydrogen) atoms. The van der Waals surface area contributed by atoms with Crippen molar-refractivity contribution < 1.29 is 19.0 Å². The van der Waals surface area contributed by atoms with Crippen molar-refractivity contribution in [3.63, 3.8) is 0 Å². The van der Waals surface area contributed by atoms with Crippen molar-refractivity contribution >= 4 is 23.5 Å². The number of hydrogen-bond acceptors (Lipinski definition) is 6. The lowest BCUT2D eigenvalue weighted by atomic mass is 10.1. The van der Waals surface area contributed by atoms with Crippen LogP contribution >= 0.6 is 11.3 Å². The Morgan fingerprint density at radius 3 is 2.26 bits per heavy atom. The first kappa shape index (κ1) is 16.8. The fourth-order valence-electron chi connectivity index (χ4n) is 1.95. The van der Waals surface area contributed by atoms with Gasteiger partial charge in [-0.3, -0.25) is 4.79 Å². The van der Waals surface area contributed by atoms with Crippen LogP contribution in [0.5, 0.6) is 17.2 Å². The van der Waals surface area contributed by atoms with Gasteiger partial charge in [0.05, 0.1) is 27.5 Å². The standard InChI is InChI=1S/C16H18N2O4S/c1-10-5-6-12(23-10)9-17-18-16(19)11-7-13(20-2)15(22-4)14(8-11)21-3/h5-9H,1-4H3,(H,18,19)/b17-9+. The molecule has 7 heteroatoms. The van der Waals surface area contributed by atoms with Crippen molar-refractivity contribution in [1.82, 2.24) is 5.43 Å². The Bertz CT molecular complexity index is 700. The molecule has 0 atom stereocenters. The number of rotatable bonds is 6. The van der Waals surface area contributed by atoms with Crippen LogP contribution in [0.2, 0.25) is 0 Å². The molecule has 1 N–H and O–H groups in total. The molecular formula is C16H18N2O4S. The predicted molar refractivity (Wildman–Crippen MR) is 90.2 cm³/mol. The van der Waals surface area contributed by atoms with Crippen molar-refractivity contribution in [2.45, 2.75) is 6.92 Å². The van der Waals surface area contributed by atoms with E-state index in [0.717, 1.165) is 4.88 Å². The summed E-state index contributed by atoms with van der Waals surface area (Å²) in [5.74, 6) is 0.891. The highest BCUT2D eigenvalue weighted by molar-refractivity contribution is 7.13. The van der Waals surface area contributed by atoms with Gasteiger partial charge in [-0.1, -0.05) is 0 Å². The highest BCUT2D eigenvalue weighted by Gasteiger charge is 2.16. The number of aryl methyl sites for hydroxylation is 1. The number of carbonyl (C=O) groups excluding carboxylic acids is 1. The highest BCUT2D eigenvalue weighted by atomic mass is 32.1. The molecular weight excluding hydrogens is 316 g/mol. The van der Waals surface area contributed by atoms with Crippen molar-refractivity contribution in [2.75, 3.05) is 21.3 Å². The number of benzene rings is 1. The Hall–Kier alpha value is -2.54. The number of hydrazone groups is 1. The lowest BCUT2D eigenvalue weighted by molar-refractivity contribution is 0.0954. The average molecular weight is 334 g/mol. The number of carbonyl (C=O) groups is 1. The van der Waals surface area contributed by atoms with Gasteiger partial charge in [-0.25, -0.2) is 5.43 Å². The van der Waals surface area contributed by atoms with E-state index in [1.54, 1.807) is 29.7 Å². The fraction of sp³-hybridized carbons (Fsp3) is 0.250. The number of ether oxygens (including phenoxy) is 3. The van der Waals surface area contributed by atoms with E-state index >= 15 is 0 Å². The van der Waals surface area contributed by atoms with Crippen LogP contribution in [0.25, 0.3) is 0 Å². The Kier molecular flexibility index (Phi) is 5.59. The van der Waals surface area contributed by atoms with Crippen molar-refractivity contribution in [3.8, 4) is 17.2 Å². The molecule has 0 aliphatic carbocycles. The predicted octanol–water partition coefficient (Wildman–Crippen LogP) is 2.85. The monoisotopic (exact) mass is 334 g/mol. The van der Waals surface area contributed by atoms with Crippen LogP contribution in [0.15, 0.2) is 29.4 Å². The lowest BCUT2D eigenvalue weighted by Gasteiger charge is -2.13. The first-order valence-corrected chi connectivity index (χ1v) is 7.60. The van der Waals surface area contributed by atoms with Gasteiger partial charge in [-0.15, -0.1) is 11.3 Å². The molecule has 0 spiro atoms. The molecule has 0 aliphatic rings. The summed E-state index contributed by atoms with van der Waals surface area (Å²) in [4.78, 5) is 14.4. The van der Waals surface area contributed by atoms with Crippen LogP contribution in [0.1, 0.15) is 20.1 Å². The summed E-state index contributed by atoms with van der Waals surface area (Å²) in [5, 5.41) is 3.96. The van der Waals surface area contributed by atoms with E-state index < -0.39 is 0 Å². The smallest absolute Gasteiger partial charge is 0.271 e. The van der Waals surface area contributed by atoms with E-state index in [1.807, 2.05) is 19.1 Å². The molecule has 0 bridgehead atoms. The van der Waals surface area contributed by atoms with Gasteiger partial charge in [0.1, 0.15) is 0 Å². The quantitative estimate of drug-likeness (QED) is 0.651. The van der Waals surface area contributed by atoms with Gasteiger partial charge in [0.25, 0.3) is 5.91 Å². The van der Waals surface area contributed by atoms with Gasteiger partial charge < -0.3 is 14.2 Å². The maximum Gasteiger partial charge on any atom is 0.271 e. The third-order valence-electron chi connectivity index (χ3n) is 3.05. The Balaban J connectivity index is 2.17. The lowest BCUT2D eigenvalue weighted by Crippen LogP contribution is -2.17. The first-order valence-electron chi connectivity index (χ1n) is 6.79. The first-order chi connectivity index (χ1) is 11.1. The number of nitrogens with one attached hydrogen (secondary N) is 1. The third-order valence-corrected chi connectivity index (χ3v) is 3.98. The summed E-state index contributed by atoms with van der Waals surface area (Å²) in [5.41, 5.74) is 2.84. The van der Waals surface area contributed by atoms with Gasteiger partial charge >= 0.3 is 0 Å². The molecule has 0 saturated heterocycles. The summed E-state index contributed by atoms with van der Waals surface area (Å²) in [6.07, 6.45) is 1.60. The van der Waals surface area contributed by atoms with E-state index in [9.17, 15) is 4.79 Å². The van der Waals surface area contributed by atoms with Gasteiger partial charge in [-0.05, 0) is 31.2 Å². The van der Waals surface area contributed by atoms with E-state index in [0.29, 0.717) is 22.8 Å². The number of amides is 1. The zero-order chi connectivity index (χ0) is 16.8. The number of nitrogens with zero attached hydrogens (tertiary/aromatic N) is 1. The SMILES string of the molecule is COc1cc(C(=O)N/N=C/c2ccc(C)s2)cc(OC)c1OC. The molecule has 0 fully saturated rings. The minimum absolute atomic E-state index is 0.360. The summed E-state index contributed by atoms with van der Waals surface area (Å²) >= 11 is 1.60. The van der Waals surface area contributed by atoms with Crippen molar-refractivity contribution in [2.24, 2.45) is 5.10 Å². The van der Waals surface area contributed by atoms with Crippen LogP contribution in [0.4, 0.5) is 0 Å². The normalized spacial score (nSPS) is 10.6. The van der Waals surface area contributed by atoms with Crippen LogP contribution in [0, 0.1) is 6.92 Å². The molecule has 1 heterocycles. The maximum absolute atomic E-state index is 12.2. The van der Waals surface area contributed by atoms with Crippen molar-refractivity contribution in [1.29, 1.82) is 0 Å². The van der Waals surface area contributed by atoms with E-state index in [1.165, 1.54) is 26.2 Å². The van der Waals surface area contributed by atoms with Crippen molar-refractivity contribution in [3.05, 3.63) is 39.6 Å². The molecule has 1 aromatic heterocycles. The molecule has 0 aliphatic heterocycles. The maximum atomic E-state index is 12.2. The zero-order valence-corrected chi connectivity index (χ0v) is 14.2. The fourth-order valence-corrected chi connectivity index (χ4v) is 2.70. The molecule has 6 nitrogen and oxygen atoms in total. The Morgan fingerprint density at radius 1 is 1.13 bits per heavy atom.